The molecule has 1 amide bonds. The van der Waals surface area contributed by atoms with Gasteiger partial charge in [0.05, 0.1) is 41.4 Å². The van der Waals surface area contributed by atoms with Crippen LogP contribution in [0.2, 0.25) is 0 Å². The van der Waals surface area contributed by atoms with E-state index in [1.54, 1.807) is 48.8 Å². The van der Waals surface area contributed by atoms with Gasteiger partial charge in [0.25, 0.3) is 5.91 Å². The summed E-state index contributed by atoms with van der Waals surface area (Å²) in [6.45, 7) is 2.80. The Labute approximate surface area is 196 Å². The average molecular weight is 479 g/mol. The number of carbonyl (C=O) groups excluding carboxylic acids is 1. The van der Waals surface area contributed by atoms with Crippen LogP contribution in [0.15, 0.2) is 81.3 Å². The van der Waals surface area contributed by atoms with Gasteiger partial charge in [0, 0.05) is 36.6 Å². The second kappa shape index (κ2) is 9.24. The lowest BCUT2D eigenvalue weighted by molar-refractivity contribution is 0.0924. The zero-order valence-corrected chi connectivity index (χ0v) is 19.0. The van der Waals surface area contributed by atoms with Crippen LogP contribution < -0.4 is 10.2 Å². The average Bonchev–Trinajstić information content (AvgIpc) is 3.33. The van der Waals surface area contributed by atoms with E-state index in [-0.39, 0.29) is 22.1 Å². The number of anilines is 1. The number of nitrogens with zero attached hydrogens (tertiary/aromatic N) is 3. The van der Waals surface area contributed by atoms with Gasteiger partial charge in [0.2, 0.25) is 9.84 Å². The maximum Gasteiger partial charge on any atom is 0.287 e. The standard InChI is InChI=1S/C24H22N4O5S/c29-24(22-12-17-6-7-25-16-23(17)33-22)27-14-18-4-5-21(15-26-18)34(30,31)20-3-1-2-19(13-20)28-8-10-32-11-9-28/h1-7,12-13,15-16H,8-11,14H2,(H,27,29). The molecule has 0 saturated carbocycles. The minimum Gasteiger partial charge on any atom is -0.449 e. The first kappa shape index (κ1) is 22.1. The largest absolute Gasteiger partial charge is 0.449 e. The maximum atomic E-state index is 13.1. The molecule has 9 nitrogen and oxygen atoms in total. The number of furan rings is 1. The van der Waals surface area contributed by atoms with Crippen molar-refractivity contribution in [3.63, 3.8) is 0 Å². The van der Waals surface area contributed by atoms with Crippen LogP contribution in [0.5, 0.6) is 0 Å². The molecule has 1 aliphatic rings. The van der Waals surface area contributed by atoms with Gasteiger partial charge in [-0.1, -0.05) is 6.07 Å². The van der Waals surface area contributed by atoms with Crippen molar-refractivity contribution in [1.29, 1.82) is 0 Å². The van der Waals surface area contributed by atoms with Crippen LogP contribution in [-0.4, -0.2) is 50.6 Å². The molecule has 0 aliphatic carbocycles. The summed E-state index contributed by atoms with van der Waals surface area (Å²) in [6, 6.07) is 13.4. The lowest BCUT2D eigenvalue weighted by Crippen LogP contribution is -2.36. The number of sulfone groups is 1. The van der Waals surface area contributed by atoms with E-state index in [0.29, 0.717) is 24.5 Å². The third kappa shape index (κ3) is 4.50. The molecule has 5 rings (SSSR count). The third-order valence-electron chi connectivity index (χ3n) is 5.59. The summed E-state index contributed by atoms with van der Waals surface area (Å²) in [4.78, 5) is 23.0. The number of carbonyl (C=O) groups is 1. The van der Waals surface area contributed by atoms with E-state index in [0.717, 1.165) is 24.2 Å². The Balaban J connectivity index is 1.27. The smallest absolute Gasteiger partial charge is 0.287 e. The molecule has 1 aromatic carbocycles. The number of amides is 1. The minimum absolute atomic E-state index is 0.0893. The third-order valence-corrected chi connectivity index (χ3v) is 7.33. The fraction of sp³-hybridized carbons (Fsp3) is 0.208. The highest BCUT2D eigenvalue weighted by Crippen LogP contribution is 2.25. The molecule has 174 valence electrons. The first-order chi connectivity index (χ1) is 16.5. The van der Waals surface area contributed by atoms with Crippen LogP contribution in [0.1, 0.15) is 16.2 Å². The Morgan fingerprint density at radius 3 is 2.65 bits per heavy atom. The Morgan fingerprint density at radius 2 is 1.88 bits per heavy atom. The Bertz CT molecular complexity index is 1390. The van der Waals surface area contributed by atoms with Gasteiger partial charge in [-0.25, -0.2) is 8.42 Å². The van der Waals surface area contributed by atoms with E-state index < -0.39 is 15.7 Å². The molecule has 4 aromatic rings. The molecule has 0 atom stereocenters. The molecule has 1 saturated heterocycles. The van der Waals surface area contributed by atoms with Crippen molar-refractivity contribution in [2.75, 3.05) is 31.2 Å². The van der Waals surface area contributed by atoms with E-state index in [4.69, 9.17) is 9.15 Å². The quantitative estimate of drug-likeness (QED) is 0.450. The van der Waals surface area contributed by atoms with Crippen molar-refractivity contribution in [1.82, 2.24) is 15.3 Å². The van der Waals surface area contributed by atoms with Gasteiger partial charge in [-0.15, -0.1) is 0 Å². The Morgan fingerprint density at radius 1 is 1.03 bits per heavy atom. The van der Waals surface area contributed by atoms with Crippen molar-refractivity contribution >= 4 is 32.4 Å². The molecule has 0 spiro atoms. The molecule has 0 radical (unpaired) electrons. The van der Waals surface area contributed by atoms with Crippen molar-refractivity contribution < 1.29 is 22.4 Å². The number of hydrogen-bond acceptors (Lipinski definition) is 8. The van der Waals surface area contributed by atoms with Crippen LogP contribution in [0.4, 0.5) is 5.69 Å². The number of hydrogen-bond donors (Lipinski definition) is 1. The van der Waals surface area contributed by atoms with Gasteiger partial charge in [-0.05, 0) is 42.5 Å². The van der Waals surface area contributed by atoms with Crippen molar-refractivity contribution in [3.8, 4) is 0 Å². The first-order valence-electron chi connectivity index (χ1n) is 10.8. The number of morpholine rings is 1. The van der Waals surface area contributed by atoms with Crippen molar-refractivity contribution in [2.45, 2.75) is 16.3 Å². The molecule has 4 heterocycles. The number of aromatic nitrogens is 2. The summed E-state index contributed by atoms with van der Waals surface area (Å²) in [5.41, 5.74) is 1.89. The molecule has 3 aromatic heterocycles. The molecule has 1 fully saturated rings. The highest BCUT2D eigenvalue weighted by molar-refractivity contribution is 7.91. The summed E-state index contributed by atoms with van der Waals surface area (Å²) < 4.78 is 37.2. The Hall–Kier alpha value is -3.76. The predicted molar refractivity (Wildman–Crippen MR) is 124 cm³/mol. The number of nitrogens with one attached hydrogen (secondary N) is 1. The SMILES string of the molecule is O=C(NCc1ccc(S(=O)(=O)c2cccc(N3CCOCC3)c2)cn1)c1cc2ccncc2o1. The summed E-state index contributed by atoms with van der Waals surface area (Å²) in [7, 11) is -3.73. The number of ether oxygens (including phenoxy) is 1. The van der Waals surface area contributed by atoms with Gasteiger partial charge >= 0.3 is 0 Å². The minimum atomic E-state index is -3.73. The molecular weight excluding hydrogens is 456 g/mol. The predicted octanol–water partition coefficient (Wildman–Crippen LogP) is 2.82. The normalized spacial score (nSPS) is 14.3. The maximum absolute atomic E-state index is 13.1. The fourth-order valence-corrected chi connectivity index (χ4v) is 4.98. The van der Waals surface area contributed by atoms with E-state index in [1.807, 2.05) is 6.07 Å². The van der Waals surface area contributed by atoms with Gasteiger partial charge in [-0.2, -0.15) is 0 Å². The summed E-state index contributed by atoms with van der Waals surface area (Å²) in [5, 5.41) is 3.51. The van der Waals surface area contributed by atoms with Crippen molar-refractivity contribution in [2.24, 2.45) is 0 Å². The van der Waals surface area contributed by atoms with Gasteiger partial charge in [0.15, 0.2) is 11.3 Å². The summed E-state index contributed by atoms with van der Waals surface area (Å²) in [5.74, 6) is -0.225. The Kier molecular flexibility index (Phi) is 5.99. The molecule has 1 N–H and O–H groups in total. The van der Waals surface area contributed by atoms with E-state index in [1.165, 1.54) is 12.3 Å². The lowest BCUT2D eigenvalue weighted by atomic mass is 10.2. The van der Waals surface area contributed by atoms with Gasteiger partial charge < -0.3 is 19.4 Å². The van der Waals surface area contributed by atoms with Crippen LogP contribution in [-0.2, 0) is 21.1 Å². The molecule has 1 aliphatic heterocycles. The van der Waals surface area contributed by atoms with Gasteiger partial charge in [0.1, 0.15) is 0 Å². The highest BCUT2D eigenvalue weighted by Gasteiger charge is 2.20. The topological polar surface area (TPSA) is 115 Å². The van der Waals surface area contributed by atoms with Gasteiger partial charge in [-0.3, -0.25) is 14.8 Å². The summed E-state index contributed by atoms with van der Waals surface area (Å²) >= 11 is 0. The van der Waals surface area contributed by atoms with Crippen LogP contribution in [0, 0.1) is 0 Å². The second-order valence-electron chi connectivity index (χ2n) is 7.79. The van der Waals surface area contributed by atoms with E-state index in [9.17, 15) is 13.2 Å². The molecule has 0 bridgehead atoms. The first-order valence-corrected chi connectivity index (χ1v) is 12.2. The zero-order chi connectivity index (χ0) is 23.5. The number of fused-ring (bicyclic) bond motifs is 1. The fourth-order valence-electron chi connectivity index (χ4n) is 3.73. The zero-order valence-electron chi connectivity index (χ0n) is 18.2. The molecule has 10 heteroatoms. The van der Waals surface area contributed by atoms with E-state index in [2.05, 4.69) is 20.2 Å². The second-order valence-corrected chi connectivity index (χ2v) is 9.74. The number of benzene rings is 1. The van der Waals surface area contributed by atoms with Crippen LogP contribution in [0.3, 0.4) is 0 Å². The molecular formula is C24H22N4O5S. The van der Waals surface area contributed by atoms with Crippen molar-refractivity contribution in [3.05, 3.63) is 78.6 Å². The lowest BCUT2D eigenvalue weighted by Gasteiger charge is -2.29. The molecule has 34 heavy (non-hydrogen) atoms. The van der Waals surface area contributed by atoms with Crippen LogP contribution in [0.25, 0.3) is 11.0 Å². The summed E-state index contributed by atoms with van der Waals surface area (Å²) in [6.07, 6.45) is 4.48. The monoisotopic (exact) mass is 478 g/mol. The number of pyridine rings is 2. The van der Waals surface area contributed by atoms with E-state index >= 15 is 0 Å². The molecule has 0 unspecified atom stereocenters. The van der Waals surface area contributed by atoms with Crippen LogP contribution >= 0.6 is 0 Å². The highest BCUT2D eigenvalue weighted by atomic mass is 32.2. The number of rotatable bonds is 6.